The van der Waals surface area contributed by atoms with E-state index in [-0.39, 0.29) is 17.5 Å². The summed E-state index contributed by atoms with van der Waals surface area (Å²) in [6.07, 6.45) is 2.86. The van der Waals surface area contributed by atoms with Crippen molar-refractivity contribution in [2.24, 2.45) is 0 Å². The molecule has 0 spiro atoms. The summed E-state index contributed by atoms with van der Waals surface area (Å²) in [6, 6.07) is 2.30. The summed E-state index contributed by atoms with van der Waals surface area (Å²) < 4.78 is 0. The highest BCUT2D eigenvalue weighted by Crippen LogP contribution is 2.33. The molecule has 23 heavy (non-hydrogen) atoms. The van der Waals surface area contributed by atoms with E-state index in [4.69, 9.17) is 0 Å². The van der Waals surface area contributed by atoms with Crippen molar-refractivity contribution >= 4 is 17.2 Å². The number of hydrogen-bond donors (Lipinski definition) is 1. The lowest BCUT2D eigenvalue weighted by Gasteiger charge is -2.24. The lowest BCUT2D eigenvalue weighted by atomic mass is 10.1. The molecule has 122 valence electrons. The Bertz CT molecular complexity index is 752. The molecule has 1 N–H and O–H groups in total. The lowest BCUT2D eigenvalue weighted by Crippen LogP contribution is -2.31. The maximum absolute atomic E-state index is 12.6. The molecule has 6 heteroatoms. The van der Waals surface area contributed by atoms with Gasteiger partial charge in [-0.3, -0.25) is 9.59 Å². The first kappa shape index (κ1) is 15.9. The third-order valence-corrected chi connectivity index (χ3v) is 5.13. The fraction of sp³-hybridized carbons (Fsp3) is 0.471. The molecule has 0 aromatic carbocycles. The van der Waals surface area contributed by atoms with Gasteiger partial charge in [-0.05, 0) is 55.5 Å². The summed E-state index contributed by atoms with van der Waals surface area (Å²) in [7, 11) is 0. The van der Waals surface area contributed by atoms with E-state index in [1.54, 1.807) is 18.3 Å². The zero-order chi connectivity index (χ0) is 16.4. The smallest absolute Gasteiger partial charge is 0.254 e. The number of aromatic nitrogens is 2. The molecule has 1 aliphatic heterocycles. The molecule has 0 bridgehead atoms. The van der Waals surface area contributed by atoms with Crippen LogP contribution in [-0.2, 0) is 11.2 Å². The molecule has 1 unspecified atom stereocenters. The Morgan fingerprint density at radius 2 is 2.30 bits per heavy atom. The summed E-state index contributed by atoms with van der Waals surface area (Å²) in [5.41, 5.74) is 2.44. The van der Waals surface area contributed by atoms with Gasteiger partial charge < -0.3 is 9.88 Å². The van der Waals surface area contributed by atoms with Gasteiger partial charge in [-0.1, -0.05) is 0 Å². The number of thiophene rings is 1. The minimum absolute atomic E-state index is 0.123. The molecule has 1 aliphatic rings. The molecule has 1 amide bonds. The van der Waals surface area contributed by atoms with E-state index in [0.717, 1.165) is 25.1 Å². The number of likely N-dealkylation sites (tertiary alicyclic amines) is 1. The minimum Gasteiger partial charge on any atom is -0.336 e. The summed E-state index contributed by atoms with van der Waals surface area (Å²) in [5, 5.41) is 4.17. The van der Waals surface area contributed by atoms with Crippen LogP contribution in [0, 0.1) is 13.8 Å². The molecule has 0 radical (unpaired) electrons. The first-order valence-electron chi connectivity index (χ1n) is 7.94. The van der Waals surface area contributed by atoms with Gasteiger partial charge in [-0.15, -0.1) is 0 Å². The van der Waals surface area contributed by atoms with Crippen LogP contribution in [0.5, 0.6) is 0 Å². The molecule has 1 atom stereocenters. The Morgan fingerprint density at radius 3 is 3.00 bits per heavy atom. The predicted molar refractivity (Wildman–Crippen MR) is 90.7 cm³/mol. The van der Waals surface area contributed by atoms with Crippen molar-refractivity contribution in [2.75, 3.05) is 6.54 Å². The van der Waals surface area contributed by atoms with Gasteiger partial charge in [0.05, 0.1) is 6.04 Å². The highest BCUT2D eigenvalue weighted by molar-refractivity contribution is 7.07. The Morgan fingerprint density at radius 1 is 1.48 bits per heavy atom. The first-order chi connectivity index (χ1) is 11.1. The maximum Gasteiger partial charge on any atom is 0.254 e. The number of aryl methyl sites for hydroxylation is 2. The van der Waals surface area contributed by atoms with Gasteiger partial charge in [0.1, 0.15) is 5.82 Å². The minimum atomic E-state index is -0.126. The second-order valence-electron chi connectivity index (χ2n) is 6.02. The zero-order valence-corrected chi connectivity index (χ0v) is 14.3. The summed E-state index contributed by atoms with van der Waals surface area (Å²) in [5.74, 6) is 0.734. The highest BCUT2D eigenvalue weighted by atomic mass is 32.1. The van der Waals surface area contributed by atoms with Gasteiger partial charge in [-0.2, -0.15) is 11.3 Å². The predicted octanol–water partition coefficient (Wildman–Crippen LogP) is 2.74. The van der Waals surface area contributed by atoms with Crippen LogP contribution in [-0.4, -0.2) is 27.3 Å². The second kappa shape index (κ2) is 6.66. The van der Waals surface area contributed by atoms with Crippen molar-refractivity contribution < 1.29 is 4.79 Å². The standard InChI is InChI=1S/C17H21N3O2S/c1-11-14(17(22)19-12(2)18-11)5-6-16(21)20-8-3-4-15(20)13-7-9-23-10-13/h7,9-10,15H,3-6,8H2,1-2H3,(H,18,19,22). The molecular formula is C17H21N3O2S. The Labute approximate surface area is 139 Å². The molecule has 3 heterocycles. The third kappa shape index (κ3) is 3.37. The SMILES string of the molecule is Cc1nc(C)c(CCC(=O)N2CCCC2c2ccsc2)c(=O)[nH]1. The van der Waals surface area contributed by atoms with Crippen LogP contribution in [0.3, 0.4) is 0 Å². The van der Waals surface area contributed by atoms with Crippen LogP contribution >= 0.6 is 11.3 Å². The van der Waals surface area contributed by atoms with Crippen LogP contribution in [0.15, 0.2) is 21.6 Å². The van der Waals surface area contributed by atoms with Crippen molar-refractivity contribution in [1.82, 2.24) is 14.9 Å². The van der Waals surface area contributed by atoms with Crippen LogP contribution in [0.1, 0.15) is 47.9 Å². The number of carbonyl (C=O) groups excluding carboxylic acids is 1. The highest BCUT2D eigenvalue weighted by Gasteiger charge is 2.29. The topological polar surface area (TPSA) is 66.1 Å². The number of nitrogens with zero attached hydrogens (tertiary/aromatic N) is 2. The number of H-pyrrole nitrogens is 1. The van der Waals surface area contributed by atoms with Gasteiger partial charge in [-0.25, -0.2) is 4.98 Å². The van der Waals surface area contributed by atoms with Crippen LogP contribution in [0.2, 0.25) is 0 Å². The van der Waals surface area contributed by atoms with E-state index in [1.165, 1.54) is 5.56 Å². The zero-order valence-electron chi connectivity index (χ0n) is 13.5. The number of hydrogen-bond acceptors (Lipinski definition) is 4. The molecule has 1 saturated heterocycles. The molecule has 0 aliphatic carbocycles. The lowest BCUT2D eigenvalue weighted by molar-refractivity contribution is -0.132. The fourth-order valence-electron chi connectivity index (χ4n) is 3.30. The summed E-state index contributed by atoms with van der Waals surface area (Å²) in [4.78, 5) is 33.6. The van der Waals surface area contributed by atoms with Gasteiger partial charge in [0.25, 0.3) is 5.56 Å². The van der Waals surface area contributed by atoms with Crippen molar-refractivity contribution in [3.63, 3.8) is 0 Å². The van der Waals surface area contributed by atoms with Gasteiger partial charge in [0, 0.05) is 24.2 Å². The number of amides is 1. The first-order valence-corrected chi connectivity index (χ1v) is 8.88. The van der Waals surface area contributed by atoms with E-state index in [1.807, 2.05) is 11.8 Å². The van der Waals surface area contributed by atoms with E-state index in [2.05, 4.69) is 26.8 Å². The number of nitrogens with one attached hydrogen (secondary N) is 1. The van der Waals surface area contributed by atoms with Crippen molar-refractivity contribution in [3.8, 4) is 0 Å². The number of rotatable bonds is 4. The van der Waals surface area contributed by atoms with Crippen molar-refractivity contribution in [1.29, 1.82) is 0 Å². The molecule has 1 fully saturated rings. The monoisotopic (exact) mass is 331 g/mol. The molecule has 5 nitrogen and oxygen atoms in total. The average Bonchev–Trinajstić information content (AvgIpc) is 3.16. The molecule has 3 rings (SSSR count). The Hall–Kier alpha value is -1.95. The largest absolute Gasteiger partial charge is 0.336 e. The van der Waals surface area contributed by atoms with E-state index in [9.17, 15) is 9.59 Å². The van der Waals surface area contributed by atoms with Crippen molar-refractivity contribution in [2.45, 2.75) is 45.6 Å². The quantitative estimate of drug-likeness (QED) is 0.937. The molecular weight excluding hydrogens is 310 g/mol. The summed E-state index contributed by atoms with van der Waals surface area (Å²) >= 11 is 1.66. The van der Waals surface area contributed by atoms with Gasteiger partial charge >= 0.3 is 0 Å². The Kier molecular flexibility index (Phi) is 4.61. The fourth-order valence-corrected chi connectivity index (χ4v) is 4.00. The summed E-state index contributed by atoms with van der Waals surface area (Å²) in [6.45, 7) is 4.39. The van der Waals surface area contributed by atoms with Crippen LogP contribution in [0.25, 0.3) is 0 Å². The third-order valence-electron chi connectivity index (χ3n) is 4.43. The molecule has 2 aromatic heterocycles. The Balaban J connectivity index is 1.69. The van der Waals surface area contributed by atoms with Crippen molar-refractivity contribution in [3.05, 3.63) is 49.8 Å². The average molecular weight is 331 g/mol. The van der Waals surface area contributed by atoms with E-state index >= 15 is 0 Å². The maximum atomic E-state index is 12.6. The van der Waals surface area contributed by atoms with E-state index in [0.29, 0.717) is 24.2 Å². The normalized spacial score (nSPS) is 17.7. The van der Waals surface area contributed by atoms with Crippen LogP contribution in [0.4, 0.5) is 0 Å². The second-order valence-corrected chi connectivity index (χ2v) is 6.80. The van der Waals surface area contributed by atoms with Gasteiger partial charge in [0.2, 0.25) is 5.91 Å². The van der Waals surface area contributed by atoms with Crippen LogP contribution < -0.4 is 5.56 Å². The van der Waals surface area contributed by atoms with E-state index < -0.39 is 0 Å². The number of carbonyl (C=O) groups is 1. The molecule has 2 aromatic rings. The number of aromatic amines is 1. The molecule has 0 saturated carbocycles. The van der Waals surface area contributed by atoms with Gasteiger partial charge in [0.15, 0.2) is 0 Å².